The molecule has 0 radical (unpaired) electrons. The first-order valence-corrected chi connectivity index (χ1v) is 3.50. The van der Waals surface area contributed by atoms with E-state index in [1.165, 1.54) is 6.07 Å². The Morgan fingerprint density at radius 3 is 2.07 bits per heavy atom. The summed E-state index contributed by atoms with van der Waals surface area (Å²) in [6.45, 7) is 0. The van der Waals surface area contributed by atoms with E-state index in [4.69, 9.17) is 5.73 Å². The lowest BCUT2D eigenvalue weighted by Crippen LogP contribution is -2.45. The molecule has 0 saturated heterocycles. The Balaban J connectivity index is 0.00000196. The second-order valence-corrected chi connectivity index (χ2v) is 2.61. The molecule has 0 bridgehead atoms. The highest BCUT2D eigenvalue weighted by atomic mass is 35.5. The summed E-state index contributed by atoms with van der Waals surface area (Å²) in [7, 11) is 0. The van der Waals surface area contributed by atoms with E-state index in [0.717, 1.165) is 12.3 Å². The second-order valence-electron chi connectivity index (χ2n) is 2.61. The molecule has 0 unspecified atom stereocenters. The number of hydrogen-bond acceptors (Lipinski definition) is 2. The third-order valence-electron chi connectivity index (χ3n) is 1.62. The summed E-state index contributed by atoms with van der Waals surface area (Å²) in [4.78, 5) is 0. The van der Waals surface area contributed by atoms with Crippen molar-refractivity contribution >= 4 is 12.4 Å². The molecule has 0 saturated carbocycles. The molecule has 0 aliphatic heterocycles. The molecule has 1 heterocycles. The summed E-state index contributed by atoms with van der Waals surface area (Å²) >= 11 is 0. The molecular weight excluding hydrogens is 245 g/mol. The number of rotatable bonds is 2. The van der Waals surface area contributed by atoms with Gasteiger partial charge in [0.2, 0.25) is 0 Å². The molecule has 88 valence electrons. The Labute approximate surface area is 87.6 Å². The Hall–Kier alpha value is -0.820. The average Bonchev–Trinajstić information content (AvgIpc) is 2.52. The van der Waals surface area contributed by atoms with E-state index in [1.54, 1.807) is 0 Å². The Morgan fingerprint density at radius 2 is 1.73 bits per heavy atom. The largest absolute Gasteiger partial charge is 0.467 e. The maximum absolute atomic E-state index is 12.6. The van der Waals surface area contributed by atoms with Gasteiger partial charge in [-0.3, -0.25) is 0 Å². The summed E-state index contributed by atoms with van der Waals surface area (Å²) < 4.78 is 64.9. The topological polar surface area (TPSA) is 39.2 Å². The molecule has 0 aromatic carbocycles. The van der Waals surface area contributed by atoms with Crippen LogP contribution in [0.4, 0.5) is 22.0 Å². The zero-order valence-electron chi connectivity index (χ0n) is 7.09. The lowest BCUT2D eigenvalue weighted by molar-refractivity contribution is -0.292. The highest BCUT2D eigenvalue weighted by molar-refractivity contribution is 5.85. The fourth-order valence-corrected chi connectivity index (χ4v) is 0.823. The van der Waals surface area contributed by atoms with Crippen molar-refractivity contribution in [2.75, 3.05) is 0 Å². The maximum Gasteiger partial charge on any atom is 0.455 e. The van der Waals surface area contributed by atoms with Crippen molar-refractivity contribution in [3.63, 3.8) is 0 Å². The minimum atomic E-state index is -5.68. The lowest BCUT2D eigenvalue weighted by Gasteiger charge is -2.23. The van der Waals surface area contributed by atoms with Crippen molar-refractivity contribution in [1.82, 2.24) is 0 Å². The summed E-state index contributed by atoms with van der Waals surface area (Å²) in [5.74, 6) is -5.60. The van der Waals surface area contributed by atoms with E-state index in [-0.39, 0.29) is 12.4 Å². The van der Waals surface area contributed by atoms with Crippen molar-refractivity contribution in [2.45, 2.75) is 18.1 Å². The first kappa shape index (κ1) is 14.2. The zero-order valence-corrected chi connectivity index (χ0v) is 7.91. The monoisotopic (exact) mass is 251 g/mol. The van der Waals surface area contributed by atoms with Gasteiger partial charge in [-0.2, -0.15) is 22.0 Å². The van der Waals surface area contributed by atoms with Crippen LogP contribution < -0.4 is 5.73 Å². The van der Waals surface area contributed by atoms with Gasteiger partial charge in [-0.05, 0) is 12.1 Å². The molecule has 0 fully saturated rings. The van der Waals surface area contributed by atoms with Gasteiger partial charge in [-0.15, -0.1) is 12.4 Å². The molecule has 8 heteroatoms. The van der Waals surface area contributed by atoms with Gasteiger partial charge in [-0.25, -0.2) is 0 Å². The zero-order chi connectivity index (χ0) is 11.0. The predicted molar refractivity (Wildman–Crippen MR) is 43.9 cm³/mol. The van der Waals surface area contributed by atoms with Crippen molar-refractivity contribution < 1.29 is 26.4 Å². The van der Waals surface area contributed by atoms with E-state index in [0.29, 0.717) is 0 Å². The Morgan fingerprint density at radius 1 is 1.20 bits per heavy atom. The number of hydrogen-bond donors (Lipinski definition) is 1. The lowest BCUT2D eigenvalue weighted by atomic mass is 10.1. The smallest absolute Gasteiger partial charge is 0.455 e. The number of furan rings is 1. The molecule has 2 N–H and O–H groups in total. The van der Waals surface area contributed by atoms with Crippen LogP contribution in [0.25, 0.3) is 0 Å². The molecule has 1 aromatic rings. The fraction of sp³-hybridized carbons (Fsp3) is 0.429. The van der Waals surface area contributed by atoms with Crippen LogP contribution in [0.3, 0.4) is 0 Å². The van der Waals surface area contributed by atoms with Gasteiger partial charge < -0.3 is 10.2 Å². The highest BCUT2D eigenvalue weighted by Gasteiger charge is 2.62. The first-order valence-electron chi connectivity index (χ1n) is 3.50. The average molecular weight is 252 g/mol. The number of alkyl halides is 5. The first-order chi connectivity index (χ1) is 6.27. The molecule has 0 spiro atoms. The van der Waals surface area contributed by atoms with Gasteiger partial charge >= 0.3 is 12.1 Å². The van der Waals surface area contributed by atoms with Crippen LogP contribution in [0.1, 0.15) is 11.8 Å². The number of nitrogens with two attached hydrogens (primary N) is 1. The van der Waals surface area contributed by atoms with Crippen LogP contribution in [-0.2, 0) is 0 Å². The third-order valence-corrected chi connectivity index (χ3v) is 1.62. The van der Waals surface area contributed by atoms with Crippen molar-refractivity contribution in [2.24, 2.45) is 5.73 Å². The van der Waals surface area contributed by atoms with Crippen LogP contribution in [0.15, 0.2) is 22.8 Å². The molecule has 1 aromatic heterocycles. The van der Waals surface area contributed by atoms with E-state index in [9.17, 15) is 22.0 Å². The summed E-state index contributed by atoms with van der Waals surface area (Å²) in [6, 6.07) is -0.371. The predicted octanol–water partition coefficient (Wildman–Crippen LogP) is 2.90. The quantitative estimate of drug-likeness (QED) is 0.821. The number of halogens is 6. The van der Waals surface area contributed by atoms with E-state index < -0.39 is 23.9 Å². The van der Waals surface area contributed by atoms with E-state index >= 15 is 0 Å². The van der Waals surface area contributed by atoms with E-state index in [2.05, 4.69) is 4.42 Å². The molecule has 2 nitrogen and oxygen atoms in total. The normalized spacial score (nSPS) is 14.5. The molecule has 1 rings (SSSR count). The molecule has 15 heavy (non-hydrogen) atoms. The molecule has 0 amide bonds. The van der Waals surface area contributed by atoms with Gasteiger partial charge in [0, 0.05) is 0 Å². The minimum absolute atomic E-state index is 0. The second kappa shape index (κ2) is 4.36. The van der Waals surface area contributed by atoms with Crippen molar-refractivity contribution in [3.8, 4) is 0 Å². The van der Waals surface area contributed by atoms with Crippen LogP contribution in [0.2, 0.25) is 0 Å². The fourth-order valence-electron chi connectivity index (χ4n) is 0.823. The van der Waals surface area contributed by atoms with Crippen LogP contribution in [0.5, 0.6) is 0 Å². The summed E-state index contributed by atoms with van der Waals surface area (Å²) in [5.41, 5.74) is 4.74. The van der Waals surface area contributed by atoms with Crippen LogP contribution >= 0.6 is 12.4 Å². The molecule has 1 atom stereocenters. The van der Waals surface area contributed by atoms with Crippen molar-refractivity contribution in [1.29, 1.82) is 0 Å². The Bertz CT molecular complexity index is 297. The van der Waals surface area contributed by atoms with Crippen LogP contribution in [-0.4, -0.2) is 12.1 Å². The summed E-state index contributed by atoms with van der Waals surface area (Å²) in [6.07, 6.45) is -4.71. The van der Waals surface area contributed by atoms with Gasteiger partial charge in [0.15, 0.2) is 0 Å². The molecule has 0 aliphatic rings. The summed E-state index contributed by atoms with van der Waals surface area (Å²) in [5, 5.41) is 0. The Kier molecular flexibility index (Phi) is 4.12. The maximum atomic E-state index is 12.6. The van der Waals surface area contributed by atoms with Crippen LogP contribution in [0, 0.1) is 0 Å². The third kappa shape index (κ3) is 2.60. The van der Waals surface area contributed by atoms with Gasteiger partial charge in [0.25, 0.3) is 0 Å². The van der Waals surface area contributed by atoms with Crippen molar-refractivity contribution in [3.05, 3.63) is 24.2 Å². The highest BCUT2D eigenvalue weighted by Crippen LogP contribution is 2.43. The van der Waals surface area contributed by atoms with Gasteiger partial charge in [-0.1, -0.05) is 0 Å². The molecule has 0 aliphatic carbocycles. The van der Waals surface area contributed by atoms with Gasteiger partial charge in [0.05, 0.1) is 6.26 Å². The van der Waals surface area contributed by atoms with Gasteiger partial charge in [0.1, 0.15) is 11.8 Å². The minimum Gasteiger partial charge on any atom is -0.467 e. The van der Waals surface area contributed by atoms with E-state index in [1.807, 2.05) is 0 Å². The SMILES string of the molecule is Cl.N[C@H](c1ccco1)C(F)(F)C(F)(F)F. The molecular formula is C7H7ClF5NO. The standard InChI is InChI=1S/C7H6F5NO.ClH/c8-6(9,7(10,11)12)5(13)4-2-1-3-14-4;/h1-3,5H,13H2;1H/t5-;/m1./s1.